The van der Waals surface area contributed by atoms with Gasteiger partial charge in [0.2, 0.25) is 0 Å². The predicted octanol–water partition coefficient (Wildman–Crippen LogP) is 5.05. The topological polar surface area (TPSA) is 47.9 Å². The number of allylic oxidation sites excluding steroid dienone is 1. The highest BCUT2D eigenvalue weighted by atomic mass is 16.7. The van der Waals surface area contributed by atoms with Crippen LogP contribution in [0, 0.1) is 11.3 Å². The van der Waals surface area contributed by atoms with Gasteiger partial charge in [0.15, 0.2) is 6.29 Å². The van der Waals surface area contributed by atoms with Crippen molar-refractivity contribution in [3.05, 3.63) is 12.3 Å². The zero-order valence-electron chi connectivity index (χ0n) is 17.6. The molecule has 0 spiro atoms. The second-order valence-corrected chi connectivity index (χ2v) is 9.57. The van der Waals surface area contributed by atoms with Crippen molar-refractivity contribution in [2.75, 3.05) is 0 Å². The fourth-order valence-electron chi connectivity index (χ4n) is 3.27. The molecule has 1 aliphatic heterocycles. The van der Waals surface area contributed by atoms with Gasteiger partial charge in [0.1, 0.15) is 5.60 Å². The van der Waals surface area contributed by atoms with E-state index >= 15 is 0 Å². The van der Waals surface area contributed by atoms with Crippen LogP contribution in [0.5, 0.6) is 0 Å². The SMILES string of the molecule is C=C(CC(C)(C)CC[C@@H](C)OC1O[C@@H](C)C(O)C[C@H]1C)OC(C)(C)C. The van der Waals surface area contributed by atoms with Crippen molar-refractivity contribution in [2.45, 2.75) is 111 Å². The first kappa shape index (κ1) is 22.5. The maximum absolute atomic E-state index is 9.87. The third-order valence-electron chi connectivity index (χ3n) is 4.69. The minimum atomic E-state index is -0.391. The van der Waals surface area contributed by atoms with E-state index in [0.29, 0.717) is 0 Å². The molecule has 148 valence electrons. The Balaban J connectivity index is 2.41. The Labute approximate surface area is 154 Å². The van der Waals surface area contributed by atoms with E-state index in [1.54, 1.807) is 0 Å². The van der Waals surface area contributed by atoms with Gasteiger partial charge in [-0.2, -0.15) is 0 Å². The highest BCUT2D eigenvalue weighted by Gasteiger charge is 2.34. The van der Waals surface area contributed by atoms with Crippen molar-refractivity contribution in [3.8, 4) is 0 Å². The molecule has 0 aliphatic carbocycles. The van der Waals surface area contributed by atoms with E-state index in [2.05, 4.69) is 34.3 Å². The average Bonchev–Trinajstić information content (AvgIpc) is 2.40. The third kappa shape index (κ3) is 8.57. The van der Waals surface area contributed by atoms with Gasteiger partial charge in [-0.15, -0.1) is 0 Å². The second-order valence-electron chi connectivity index (χ2n) is 9.57. The van der Waals surface area contributed by atoms with Crippen LogP contribution in [0.2, 0.25) is 0 Å². The molecular weight excluding hydrogens is 316 g/mol. The molecule has 1 heterocycles. The van der Waals surface area contributed by atoms with Crippen LogP contribution in [0.3, 0.4) is 0 Å². The molecule has 0 aromatic rings. The highest BCUT2D eigenvalue weighted by molar-refractivity contribution is 4.92. The fraction of sp³-hybridized carbons (Fsp3) is 0.905. The van der Waals surface area contributed by atoms with E-state index in [1.165, 1.54) is 0 Å². The van der Waals surface area contributed by atoms with Crippen molar-refractivity contribution in [2.24, 2.45) is 11.3 Å². The molecule has 0 amide bonds. The molecule has 1 saturated heterocycles. The molecule has 0 saturated carbocycles. The Morgan fingerprint density at radius 2 is 1.84 bits per heavy atom. The van der Waals surface area contributed by atoms with Crippen LogP contribution in [0.15, 0.2) is 12.3 Å². The lowest BCUT2D eigenvalue weighted by Crippen LogP contribution is -2.44. The second kappa shape index (κ2) is 8.88. The monoisotopic (exact) mass is 356 g/mol. The molecule has 1 N–H and O–H groups in total. The molecule has 2 unspecified atom stereocenters. The molecule has 5 atom stereocenters. The normalized spacial score (nSPS) is 29.3. The van der Waals surface area contributed by atoms with Gasteiger partial charge in [0.25, 0.3) is 0 Å². The summed E-state index contributed by atoms with van der Waals surface area (Å²) in [5.74, 6) is 1.06. The summed E-state index contributed by atoms with van der Waals surface area (Å²) in [4.78, 5) is 0. The summed E-state index contributed by atoms with van der Waals surface area (Å²) in [5, 5.41) is 9.87. The lowest BCUT2D eigenvalue weighted by atomic mass is 9.83. The Morgan fingerprint density at radius 1 is 1.24 bits per heavy atom. The van der Waals surface area contributed by atoms with Gasteiger partial charge in [-0.3, -0.25) is 0 Å². The molecule has 0 radical (unpaired) electrons. The zero-order chi connectivity index (χ0) is 19.4. The number of aliphatic hydroxyl groups is 1. The summed E-state index contributed by atoms with van der Waals surface area (Å²) in [6, 6.07) is 0. The summed E-state index contributed by atoms with van der Waals surface area (Å²) in [5.41, 5.74) is -0.0816. The van der Waals surface area contributed by atoms with Crippen LogP contribution < -0.4 is 0 Å². The molecule has 1 aliphatic rings. The maximum atomic E-state index is 9.87. The first-order valence-corrected chi connectivity index (χ1v) is 9.65. The Morgan fingerprint density at radius 3 is 2.40 bits per heavy atom. The summed E-state index contributed by atoms with van der Waals surface area (Å²) >= 11 is 0. The van der Waals surface area contributed by atoms with E-state index in [4.69, 9.17) is 14.2 Å². The number of hydrogen-bond donors (Lipinski definition) is 1. The van der Waals surface area contributed by atoms with Gasteiger partial charge >= 0.3 is 0 Å². The van der Waals surface area contributed by atoms with Gasteiger partial charge in [-0.25, -0.2) is 0 Å². The van der Waals surface area contributed by atoms with E-state index in [-0.39, 0.29) is 35.4 Å². The van der Waals surface area contributed by atoms with Crippen LogP contribution in [0.4, 0.5) is 0 Å². The van der Waals surface area contributed by atoms with E-state index in [1.807, 2.05) is 27.7 Å². The minimum absolute atomic E-state index is 0.114. The van der Waals surface area contributed by atoms with Crippen LogP contribution >= 0.6 is 0 Å². The number of rotatable bonds is 8. The number of aliphatic hydroxyl groups excluding tert-OH is 1. The van der Waals surface area contributed by atoms with Gasteiger partial charge in [-0.05, 0) is 59.3 Å². The lowest BCUT2D eigenvalue weighted by Gasteiger charge is -2.38. The lowest BCUT2D eigenvalue weighted by molar-refractivity contribution is -0.255. The molecule has 0 bridgehead atoms. The van der Waals surface area contributed by atoms with Crippen LogP contribution in [-0.4, -0.2) is 35.3 Å². The maximum Gasteiger partial charge on any atom is 0.161 e. The standard InChI is InChI=1S/C21H40O4/c1-14-12-18(22)17(4)24-19(14)23-15(2)10-11-21(8,9)13-16(3)25-20(5,6)7/h14-15,17-19,22H,3,10-13H2,1-2,4-9H3/t14-,15-,17+,18?,19?/m1/s1. The van der Waals surface area contributed by atoms with E-state index in [0.717, 1.165) is 31.4 Å². The number of hydrogen-bond acceptors (Lipinski definition) is 4. The van der Waals surface area contributed by atoms with E-state index in [9.17, 15) is 5.11 Å². The summed E-state index contributed by atoms with van der Waals surface area (Å²) in [6.07, 6.45) is 2.89. The van der Waals surface area contributed by atoms with Gasteiger partial charge < -0.3 is 19.3 Å². The van der Waals surface area contributed by atoms with Gasteiger partial charge in [0, 0.05) is 12.3 Å². The zero-order valence-corrected chi connectivity index (χ0v) is 17.6. The number of ether oxygens (including phenoxy) is 3. The molecule has 0 aromatic carbocycles. The molecule has 4 heteroatoms. The molecule has 1 rings (SSSR count). The minimum Gasteiger partial charge on any atom is -0.493 e. The first-order chi connectivity index (χ1) is 11.3. The smallest absolute Gasteiger partial charge is 0.161 e. The van der Waals surface area contributed by atoms with Crippen LogP contribution in [-0.2, 0) is 14.2 Å². The third-order valence-corrected chi connectivity index (χ3v) is 4.69. The Hall–Kier alpha value is -0.580. The van der Waals surface area contributed by atoms with Gasteiger partial charge in [-0.1, -0.05) is 27.4 Å². The molecule has 25 heavy (non-hydrogen) atoms. The average molecular weight is 357 g/mol. The summed E-state index contributed by atoms with van der Waals surface area (Å²) in [7, 11) is 0. The summed E-state index contributed by atoms with van der Waals surface area (Å²) in [6.45, 7) is 20.8. The Kier molecular flexibility index (Phi) is 7.97. The van der Waals surface area contributed by atoms with Crippen molar-refractivity contribution >= 4 is 0 Å². The van der Waals surface area contributed by atoms with Gasteiger partial charge in [0.05, 0.1) is 24.1 Å². The van der Waals surface area contributed by atoms with Crippen LogP contribution in [0.25, 0.3) is 0 Å². The summed E-state index contributed by atoms with van der Waals surface area (Å²) < 4.78 is 17.8. The van der Waals surface area contributed by atoms with Crippen molar-refractivity contribution in [1.82, 2.24) is 0 Å². The predicted molar refractivity (Wildman–Crippen MR) is 102 cm³/mol. The Bertz CT molecular complexity index is 424. The van der Waals surface area contributed by atoms with Crippen molar-refractivity contribution < 1.29 is 19.3 Å². The largest absolute Gasteiger partial charge is 0.493 e. The van der Waals surface area contributed by atoms with Crippen LogP contribution in [0.1, 0.15) is 81.1 Å². The molecule has 4 nitrogen and oxygen atoms in total. The molecule has 1 fully saturated rings. The van der Waals surface area contributed by atoms with E-state index < -0.39 is 6.10 Å². The fourth-order valence-corrected chi connectivity index (χ4v) is 3.27. The quantitative estimate of drug-likeness (QED) is 0.618. The molecular formula is C21H40O4. The first-order valence-electron chi connectivity index (χ1n) is 9.65. The van der Waals surface area contributed by atoms with Crippen molar-refractivity contribution in [3.63, 3.8) is 0 Å². The molecule has 0 aromatic heterocycles. The van der Waals surface area contributed by atoms with Crippen molar-refractivity contribution in [1.29, 1.82) is 0 Å². The highest BCUT2D eigenvalue weighted by Crippen LogP contribution is 2.33.